The van der Waals surface area contributed by atoms with Crippen molar-refractivity contribution in [1.29, 1.82) is 0 Å². The average molecular weight is 347 g/mol. The highest BCUT2D eigenvalue weighted by atomic mass is 16.6. The second kappa shape index (κ2) is 7.37. The Morgan fingerprint density at radius 2 is 2.24 bits per heavy atom. The van der Waals surface area contributed by atoms with Gasteiger partial charge in [-0.05, 0) is 26.2 Å². The second-order valence-electron chi connectivity index (χ2n) is 6.16. The van der Waals surface area contributed by atoms with Crippen molar-refractivity contribution in [3.63, 3.8) is 0 Å². The van der Waals surface area contributed by atoms with Crippen LogP contribution in [-0.4, -0.2) is 40.5 Å². The SMILES string of the molecule is CNC(=O)OC1CC[C@H](c2cc(NC(=O)Cc3cc(C)no3)n[nH]2)C1. The number of carbonyl (C=O) groups is 2. The van der Waals surface area contributed by atoms with E-state index < -0.39 is 6.09 Å². The molecule has 9 heteroatoms. The van der Waals surface area contributed by atoms with Gasteiger partial charge in [-0.15, -0.1) is 0 Å². The summed E-state index contributed by atoms with van der Waals surface area (Å²) in [7, 11) is 1.54. The molecule has 2 atom stereocenters. The van der Waals surface area contributed by atoms with Gasteiger partial charge in [0.15, 0.2) is 5.82 Å². The van der Waals surface area contributed by atoms with Crippen molar-refractivity contribution in [3.05, 3.63) is 29.3 Å². The van der Waals surface area contributed by atoms with Crippen molar-refractivity contribution < 1.29 is 18.8 Å². The van der Waals surface area contributed by atoms with E-state index in [0.29, 0.717) is 11.6 Å². The minimum atomic E-state index is -0.411. The number of aryl methyl sites for hydroxylation is 1. The molecular weight excluding hydrogens is 326 g/mol. The fourth-order valence-electron chi connectivity index (χ4n) is 2.99. The summed E-state index contributed by atoms with van der Waals surface area (Å²) in [6.45, 7) is 1.80. The highest BCUT2D eigenvalue weighted by Gasteiger charge is 2.29. The lowest BCUT2D eigenvalue weighted by atomic mass is 10.0. The fourth-order valence-corrected chi connectivity index (χ4v) is 2.99. The van der Waals surface area contributed by atoms with Crippen molar-refractivity contribution in [2.75, 3.05) is 12.4 Å². The number of anilines is 1. The van der Waals surface area contributed by atoms with E-state index in [1.54, 1.807) is 20.0 Å². The van der Waals surface area contributed by atoms with Crippen LogP contribution in [0.1, 0.15) is 42.3 Å². The van der Waals surface area contributed by atoms with Gasteiger partial charge in [-0.25, -0.2) is 4.79 Å². The Balaban J connectivity index is 1.52. The fraction of sp³-hybridized carbons (Fsp3) is 0.500. The number of rotatable bonds is 5. The first kappa shape index (κ1) is 17.0. The minimum Gasteiger partial charge on any atom is -0.446 e. The molecule has 25 heavy (non-hydrogen) atoms. The lowest BCUT2D eigenvalue weighted by Crippen LogP contribution is -2.24. The molecule has 1 unspecified atom stereocenters. The molecule has 0 aromatic carbocycles. The molecule has 1 aliphatic rings. The van der Waals surface area contributed by atoms with Crippen LogP contribution >= 0.6 is 0 Å². The molecule has 0 aliphatic heterocycles. The van der Waals surface area contributed by atoms with E-state index in [2.05, 4.69) is 26.0 Å². The van der Waals surface area contributed by atoms with Crippen LogP contribution in [0.3, 0.4) is 0 Å². The van der Waals surface area contributed by atoms with Crippen molar-refractivity contribution in [3.8, 4) is 0 Å². The van der Waals surface area contributed by atoms with Gasteiger partial charge in [0, 0.05) is 30.8 Å². The molecule has 2 amide bonds. The summed E-state index contributed by atoms with van der Waals surface area (Å²) < 4.78 is 10.3. The van der Waals surface area contributed by atoms with Gasteiger partial charge >= 0.3 is 6.09 Å². The Kier molecular flexibility index (Phi) is 5.01. The number of aromatic amines is 1. The lowest BCUT2D eigenvalue weighted by molar-refractivity contribution is -0.115. The molecule has 0 bridgehead atoms. The quantitative estimate of drug-likeness (QED) is 0.759. The largest absolute Gasteiger partial charge is 0.446 e. The topological polar surface area (TPSA) is 122 Å². The smallest absolute Gasteiger partial charge is 0.407 e. The van der Waals surface area contributed by atoms with E-state index in [1.807, 2.05) is 6.07 Å². The number of nitrogens with zero attached hydrogens (tertiary/aromatic N) is 2. The minimum absolute atomic E-state index is 0.0963. The summed E-state index contributed by atoms with van der Waals surface area (Å²) in [5, 5.41) is 16.0. The first-order valence-electron chi connectivity index (χ1n) is 8.19. The molecule has 2 aromatic heterocycles. The predicted molar refractivity (Wildman–Crippen MR) is 88.1 cm³/mol. The molecular formula is C16H21N5O4. The monoisotopic (exact) mass is 347 g/mol. The number of H-pyrrole nitrogens is 1. The van der Waals surface area contributed by atoms with Gasteiger partial charge in [-0.3, -0.25) is 9.89 Å². The number of hydrogen-bond acceptors (Lipinski definition) is 6. The predicted octanol–water partition coefficient (Wildman–Crippen LogP) is 1.88. The van der Waals surface area contributed by atoms with Crippen LogP contribution in [0.2, 0.25) is 0 Å². The number of carbonyl (C=O) groups excluding carboxylic acids is 2. The number of ether oxygens (including phenoxy) is 1. The summed E-state index contributed by atoms with van der Waals surface area (Å²) in [5.41, 5.74) is 1.66. The first-order chi connectivity index (χ1) is 12.0. The van der Waals surface area contributed by atoms with Crippen LogP contribution < -0.4 is 10.6 Å². The summed E-state index contributed by atoms with van der Waals surface area (Å²) in [6, 6.07) is 3.54. The van der Waals surface area contributed by atoms with E-state index in [0.717, 1.165) is 30.7 Å². The highest BCUT2D eigenvalue weighted by Crippen LogP contribution is 2.35. The summed E-state index contributed by atoms with van der Waals surface area (Å²) >= 11 is 0. The number of amides is 2. The third-order valence-electron chi connectivity index (χ3n) is 4.18. The van der Waals surface area contributed by atoms with E-state index >= 15 is 0 Å². The molecule has 2 aromatic rings. The maximum atomic E-state index is 12.0. The van der Waals surface area contributed by atoms with Crippen LogP contribution in [0.15, 0.2) is 16.7 Å². The van der Waals surface area contributed by atoms with Gasteiger partial charge in [0.2, 0.25) is 5.91 Å². The normalized spacial score (nSPS) is 19.6. The van der Waals surface area contributed by atoms with Crippen molar-refractivity contribution in [2.24, 2.45) is 0 Å². The molecule has 3 N–H and O–H groups in total. The van der Waals surface area contributed by atoms with Crippen LogP contribution in [-0.2, 0) is 16.0 Å². The van der Waals surface area contributed by atoms with Gasteiger partial charge in [0.05, 0.1) is 12.1 Å². The van der Waals surface area contributed by atoms with E-state index in [9.17, 15) is 9.59 Å². The zero-order valence-electron chi connectivity index (χ0n) is 14.2. The molecule has 0 saturated heterocycles. The van der Waals surface area contributed by atoms with Crippen molar-refractivity contribution in [1.82, 2.24) is 20.7 Å². The Morgan fingerprint density at radius 3 is 2.96 bits per heavy atom. The number of alkyl carbamates (subject to hydrolysis) is 1. The third-order valence-corrected chi connectivity index (χ3v) is 4.18. The highest BCUT2D eigenvalue weighted by molar-refractivity contribution is 5.91. The zero-order valence-corrected chi connectivity index (χ0v) is 14.2. The Bertz CT molecular complexity index is 753. The van der Waals surface area contributed by atoms with Gasteiger partial charge in [-0.2, -0.15) is 5.10 Å². The Morgan fingerprint density at radius 1 is 1.40 bits per heavy atom. The molecule has 1 aliphatic carbocycles. The average Bonchev–Trinajstić information content (AvgIpc) is 3.29. The van der Waals surface area contributed by atoms with E-state index in [4.69, 9.17) is 9.26 Å². The maximum Gasteiger partial charge on any atom is 0.407 e. The molecule has 0 radical (unpaired) electrons. The molecule has 3 rings (SSSR count). The number of nitrogens with one attached hydrogen (secondary N) is 3. The number of aromatic nitrogens is 3. The van der Waals surface area contributed by atoms with E-state index in [1.165, 1.54) is 0 Å². The van der Waals surface area contributed by atoms with Crippen molar-refractivity contribution >= 4 is 17.8 Å². The van der Waals surface area contributed by atoms with Crippen molar-refractivity contribution in [2.45, 2.75) is 44.6 Å². The van der Waals surface area contributed by atoms with Crippen LogP contribution in [0.5, 0.6) is 0 Å². The summed E-state index contributed by atoms with van der Waals surface area (Å²) in [6.07, 6.45) is 2.04. The molecule has 2 heterocycles. The lowest BCUT2D eigenvalue weighted by Gasteiger charge is -2.11. The van der Waals surface area contributed by atoms with Gasteiger partial charge in [0.1, 0.15) is 11.9 Å². The molecule has 134 valence electrons. The molecule has 0 spiro atoms. The van der Waals surface area contributed by atoms with E-state index in [-0.39, 0.29) is 24.3 Å². The third kappa shape index (κ3) is 4.37. The Hall–Kier alpha value is -2.84. The standard InChI is InChI=1S/C16H21N5O4/c1-9-5-12(25-21-9)7-15(22)18-14-8-13(19-20-14)10-3-4-11(6-10)24-16(23)17-2/h5,8,10-11H,3-4,6-7H2,1-2H3,(H,17,23)(H2,18,19,20,22)/t10-,11?/m0/s1. The number of hydrogen-bond donors (Lipinski definition) is 3. The molecule has 1 fully saturated rings. The van der Waals surface area contributed by atoms with Crippen LogP contribution in [0.4, 0.5) is 10.6 Å². The summed E-state index contributed by atoms with van der Waals surface area (Å²) in [4.78, 5) is 23.3. The zero-order chi connectivity index (χ0) is 17.8. The first-order valence-corrected chi connectivity index (χ1v) is 8.19. The Labute approximate surface area is 144 Å². The second-order valence-corrected chi connectivity index (χ2v) is 6.16. The van der Waals surface area contributed by atoms with Gasteiger partial charge in [0.25, 0.3) is 0 Å². The van der Waals surface area contributed by atoms with Gasteiger partial charge < -0.3 is 19.9 Å². The molecule has 1 saturated carbocycles. The van der Waals surface area contributed by atoms with Crippen LogP contribution in [0, 0.1) is 6.92 Å². The van der Waals surface area contributed by atoms with Crippen LogP contribution in [0.25, 0.3) is 0 Å². The molecule has 9 nitrogen and oxygen atoms in total. The maximum absolute atomic E-state index is 12.0. The summed E-state index contributed by atoms with van der Waals surface area (Å²) in [5.74, 6) is 0.980. The van der Waals surface area contributed by atoms with Gasteiger partial charge in [-0.1, -0.05) is 5.16 Å².